The minimum absolute atomic E-state index is 0.0686. The number of hydrogen-bond acceptors (Lipinski definition) is 7. The highest BCUT2D eigenvalue weighted by atomic mass is 32.2. The highest BCUT2D eigenvalue weighted by molar-refractivity contribution is 7.99. The molecule has 0 atom stereocenters. The molecule has 9 rings (SSSR count). The van der Waals surface area contributed by atoms with E-state index >= 15 is 0 Å². The molecule has 0 aliphatic heterocycles. The molecular formula is C53H42N2OS4. The third-order valence-corrected chi connectivity index (χ3v) is 14.0. The molecule has 0 radical (unpaired) electrons. The van der Waals surface area contributed by atoms with E-state index in [1.165, 1.54) is 19.6 Å². The summed E-state index contributed by atoms with van der Waals surface area (Å²) in [5, 5.41) is 0. The molecule has 0 bridgehead atoms. The van der Waals surface area contributed by atoms with Crippen LogP contribution in [-0.4, -0.2) is 30.8 Å². The molecule has 0 aromatic heterocycles. The maximum Gasteiger partial charge on any atom is 0.194 e. The Morgan fingerprint density at radius 1 is 0.283 bits per heavy atom. The molecule has 0 N–H and O–H groups in total. The van der Waals surface area contributed by atoms with E-state index in [4.69, 9.17) is 0 Å². The second kappa shape index (κ2) is 17.6. The SMILES string of the molecule is CSc1ccc(N(c2ccc(SC)cc2)c2ccc(-c3ccc4c(c3)C(=O)c3cc(-c5ccc(N(c6ccc(SC)cc6)c6ccc(SC)cc6)cc5)ccc3-4)cc2)cc1. The van der Waals surface area contributed by atoms with Crippen LogP contribution in [0.15, 0.2) is 202 Å². The van der Waals surface area contributed by atoms with Crippen LogP contribution in [0.2, 0.25) is 0 Å². The van der Waals surface area contributed by atoms with Crippen molar-refractivity contribution in [2.75, 3.05) is 34.8 Å². The summed E-state index contributed by atoms with van der Waals surface area (Å²) in [6.07, 6.45) is 8.40. The highest BCUT2D eigenvalue weighted by Crippen LogP contribution is 2.43. The van der Waals surface area contributed by atoms with Crippen molar-refractivity contribution >= 4 is 87.0 Å². The summed E-state index contributed by atoms with van der Waals surface area (Å²) in [6, 6.07) is 64.7. The number of carbonyl (C=O) groups is 1. The molecule has 0 unspecified atom stereocenters. The van der Waals surface area contributed by atoms with Crippen LogP contribution < -0.4 is 9.80 Å². The maximum atomic E-state index is 14.1. The molecule has 0 heterocycles. The van der Waals surface area contributed by atoms with E-state index in [1.807, 2.05) is 0 Å². The van der Waals surface area contributed by atoms with Gasteiger partial charge in [-0.25, -0.2) is 0 Å². The first-order valence-corrected chi connectivity index (χ1v) is 24.5. The molecule has 3 nitrogen and oxygen atoms in total. The summed E-state index contributed by atoms with van der Waals surface area (Å²) in [7, 11) is 0. The molecule has 0 fully saturated rings. The van der Waals surface area contributed by atoms with Gasteiger partial charge in [0.1, 0.15) is 0 Å². The lowest BCUT2D eigenvalue weighted by Crippen LogP contribution is -2.09. The fourth-order valence-corrected chi connectivity index (χ4v) is 9.50. The van der Waals surface area contributed by atoms with E-state index in [0.29, 0.717) is 0 Å². The minimum Gasteiger partial charge on any atom is -0.311 e. The number of thioether (sulfide) groups is 4. The average Bonchev–Trinajstić information content (AvgIpc) is 3.60. The van der Waals surface area contributed by atoms with E-state index in [2.05, 4.69) is 217 Å². The molecule has 60 heavy (non-hydrogen) atoms. The molecule has 0 saturated carbocycles. The largest absolute Gasteiger partial charge is 0.311 e. The molecular weight excluding hydrogens is 809 g/mol. The summed E-state index contributed by atoms with van der Waals surface area (Å²) in [5.74, 6) is 0.0686. The summed E-state index contributed by atoms with van der Waals surface area (Å²) < 4.78 is 0. The molecule has 0 amide bonds. The van der Waals surface area contributed by atoms with Crippen molar-refractivity contribution in [3.63, 3.8) is 0 Å². The van der Waals surface area contributed by atoms with Gasteiger partial charge in [0, 0.05) is 64.8 Å². The Labute approximate surface area is 370 Å². The molecule has 0 spiro atoms. The van der Waals surface area contributed by atoms with E-state index in [9.17, 15) is 4.79 Å². The molecule has 1 aliphatic carbocycles. The molecule has 294 valence electrons. The first kappa shape index (κ1) is 39.9. The zero-order valence-corrected chi connectivity index (χ0v) is 37.0. The van der Waals surface area contributed by atoms with Gasteiger partial charge in [0.05, 0.1) is 0 Å². The minimum atomic E-state index is 0.0686. The van der Waals surface area contributed by atoms with Crippen molar-refractivity contribution in [2.24, 2.45) is 0 Å². The smallest absolute Gasteiger partial charge is 0.194 e. The number of carbonyl (C=O) groups excluding carboxylic acids is 1. The van der Waals surface area contributed by atoms with E-state index < -0.39 is 0 Å². The molecule has 8 aromatic carbocycles. The number of hydrogen-bond donors (Lipinski definition) is 0. The lowest BCUT2D eigenvalue weighted by molar-refractivity contribution is 0.104. The topological polar surface area (TPSA) is 23.6 Å². The van der Waals surface area contributed by atoms with Crippen LogP contribution in [-0.2, 0) is 0 Å². The van der Waals surface area contributed by atoms with Gasteiger partial charge in [-0.1, -0.05) is 48.5 Å². The second-order valence-corrected chi connectivity index (χ2v) is 17.9. The fraction of sp³-hybridized carbons (Fsp3) is 0.0755. The van der Waals surface area contributed by atoms with Gasteiger partial charge < -0.3 is 9.80 Å². The molecule has 7 heteroatoms. The third-order valence-electron chi connectivity index (χ3n) is 11.1. The van der Waals surface area contributed by atoms with Gasteiger partial charge in [0.15, 0.2) is 5.78 Å². The van der Waals surface area contributed by atoms with E-state index in [0.717, 1.165) is 78.6 Å². The number of anilines is 6. The van der Waals surface area contributed by atoms with Crippen molar-refractivity contribution in [2.45, 2.75) is 19.6 Å². The summed E-state index contributed by atoms with van der Waals surface area (Å²) in [5.41, 5.74) is 14.2. The quantitative estimate of drug-likeness (QED) is 0.113. The van der Waals surface area contributed by atoms with Crippen molar-refractivity contribution in [1.29, 1.82) is 0 Å². The van der Waals surface area contributed by atoms with Crippen molar-refractivity contribution in [3.05, 3.63) is 193 Å². The van der Waals surface area contributed by atoms with E-state index in [1.54, 1.807) is 47.0 Å². The Morgan fingerprint density at radius 3 is 0.767 bits per heavy atom. The number of rotatable bonds is 12. The number of nitrogens with zero attached hydrogens (tertiary/aromatic N) is 2. The van der Waals surface area contributed by atoms with Gasteiger partial charge >= 0.3 is 0 Å². The summed E-state index contributed by atoms with van der Waals surface area (Å²) in [6.45, 7) is 0. The van der Waals surface area contributed by atoms with Crippen molar-refractivity contribution < 1.29 is 4.79 Å². The predicted molar refractivity (Wildman–Crippen MR) is 263 cm³/mol. The van der Waals surface area contributed by atoms with Crippen LogP contribution in [0.3, 0.4) is 0 Å². The number of ketones is 1. The average molecular weight is 851 g/mol. The zero-order valence-electron chi connectivity index (χ0n) is 33.8. The third kappa shape index (κ3) is 7.91. The molecule has 1 aliphatic rings. The monoisotopic (exact) mass is 850 g/mol. The number of benzene rings is 8. The van der Waals surface area contributed by atoms with E-state index in [-0.39, 0.29) is 5.78 Å². The van der Waals surface area contributed by atoms with Crippen molar-refractivity contribution in [1.82, 2.24) is 0 Å². The number of fused-ring (bicyclic) bond motifs is 3. The zero-order chi connectivity index (χ0) is 41.2. The Kier molecular flexibility index (Phi) is 11.7. The fourth-order valence-electron chi connectivity index (χ4n) is 7.86. The van der Waals surface area contributed by atoms with Gasteiger partial charge in [-0.3, -0.25) is 4.79 Å². The first-order chi connectivity index (χ1) is 29.4. The van der Waals surface area contributed by atoms with Gasteiger partial charge in [-0.05, 0) is 192 Å². The maximum absolute atomic E-state index is 14.1. The molecule has 8 aromatic rings. The lowest BCUT2D eigenvalue weighted by atomic mass is 9.98. The standard InChI is InChI=1S/C53H42N2OS4/c1-57-45-23-15-41(16-24-45)54(42-17-25-46(58-2)26-18-42)39-11-5-35(6-12-39)37-9-31-49-50-32-10-38(34-52(50)53(56)51(49)33-37)36-7-13-40(14-8-36)55(43-19-27-47(59-3)28-20-43)44-21-29-48(60-4)30-22-44/h5-34H,1-4H3. The van der Waals surface area contributed by atoms with Gasteiger partial charge in [0.25, 0.3) is 0 Å². The summed E-state index contributed by atoms with van der Waals surface area (Å²) in [4.78, 5) is 23.6. The normalized spacial score (nSPS) is 11.6. The molecule has 0 saturated heterocycles. The van der Waals surface area contributed by atoms with Crippen LogP contribution in [0.1, 0.15) is 15.9 Å². The van der Waals surface area contributed by atoms with Crippen LogP contribution in [0.4, 0.5) is 34.1 Å². The Hall–Kier alpha value is -5.57. The van der Waals surface area contributed by atoms with Crippen LogP contribution in [0.25, 0.3) is 33.4 Å². The summed E-state index contributed by atoms with van der Waals surface area (Å²) >= 11 is 6.97. The highest BCUT2D eigenvalue weighted by Gasteiger charge is 2.28. The lowest BCUT2D eigenvalue weighted by Gasteiger charge is -2.26. The van der Waals surface area contributed by atoms with Crippen LogP contribution in [0, 0.1) is 0 Å². The van der Waals surface area contributed by atoms with Gasteiger partial charge in [-0.15, -0.1) is 47.0 Å². The second-order valence-electron chi connectivity index (χ2n) is 14.4. The van der Waals surface area contributed by atoms with Crippen LogP contribution >= 0.6 is 47.0 Å². The Bertz CT molecular complexity index is 2500. The Morgan fingerprint density at radius 2 is 0.517 bits per heavy atom. The first-order valence-electron chi connectivity index (χ1n) is 19.6. The Balaban J connectivity index is 0.974. The van der Waals surface area contributed by atoms with Crippen molar-refractivity contribution in [3.8, 4) is 33.4 Å². The van der Waals surface area contributed by atoms with Gasteiger partial charge in [0.2, 0.25) is 0 Å². The van der Waals surface area contributed by atoms with Gasteiger partial charge in [-0.2, -0.15) is 0 Å². The van der Waals surface area contributed by atoms with Crippen LogP contribution in [0.5, 0.6) is 0 Å². The predicted octanol–water partition coefficient (Wildman–Crippen LogP) is 16.1.